The molecule has 1 aromatic rings. The Morgan fingerprint density at radius 1 is 1.30 bits per heavy atom. The number of sulfonamides is 1. The van der Waals surface area contributed by atoms with E-state index in [0.717, 1.165) is 12.8 Å². The number of hydrogen-bond donors (Lipinski definition) is 1. The van der Waals surface area contributed by atoms with Crippen LogP contribution in [0.15, 0.2) is 23.1 Å². The van der Waals surface area contributed by atoms with Crippen LogP contribution in [0.5, 0.6) is 0 Å². The number of nitrogens with zero attached hydrogens (tertiary/aromatic N) is 1. The van der Waals surface area contributed by atoms with Crippen molar-refractivity contribution in [2.45, 2.75) is 51.2 Å². The van der Waals surface area contributed by atoms with Crippen molar-refractivity contribution in [3.8, 4) is 0 Å². The molecule has 20 heavy (non-hydrogen) atoms. The van der Waals surface area contributed by atoms with E-state index in [1.54, 1.807) is 29.4 Å². The number of piperidine rings is 1. The van der Waals surface area contributed by atoms with Gasteiger partial charge in [0.1, 0.15) is 0 Å². The highest BCUT2D eigenvalue weighted by molar-refractivity contribution is 7.89. The van der Waals surface area contributed by atoms with Gasteiger partial charge in [-0.25, -0.2) is 8.42 Å². The largest absolute Gasteiger partial charge is 0.392 e. The standard InChI is InChI=1S/C15H23NO3S/c1-11-7-8-12(2)16(9-11)20(18,19)15-6-4-5-14(10-17)13(15)3/h4-6,11-12,17H,7-10H2,1-3H3. The van der Waals surface area contributed by atoms with Crippen molar-refractivity contribution in [2.24, 2.45) is 5.92 Å². The Balaban J connectivity index is 2.44. The third kappa shape index (κ3) is 2.75. The highest BCUT2D eigenvalue weighted by Crippen LogP contribution is 2.30. The first-order valence-corrected chi connectivity index (χ1v) is 8.53. The fourth-order valence-electron chi connectivity index (χ4n) is 2.82. The second-order valence-electron chi connectivity index (χ2n) is 5.80. The van der Waals surface area contributed by atoms with Crippen molar-refractivity contribution in [3.05, 3.63) is 29.3 Å². The zero-order valence-electron chi connectivity index (χ0n) is 12.3. The summed E-state index contributed by atoms with van der Waals surface area (Å²) in [6.45, 7) is 6.25. The fraction of sp³-hybridized carbons (Fsp3) is 0.600. The van der Waals surface area contributed by atoms with Crippen LogP contribution in [-0.4, -0.2) is 30.4 Å². The van der Waals surface area contributed by atoms with Crippen LogP contribution in [0.1, 0.15) is 37.8 Å². The summed E-state index contributed by atoms with van der Waals surface area (Å²) < 4.78 is 27.4. The van der Waals surface area contributed by atoms with Gasteiger partial charge in [0.2, 0.25) is 10.0 Å². The first-order chi connectivity index (χ1) is 9.37. The van der Waals surface area contributed by atoms with Crippen molar-refractivity contribution >= 4 is 10.0 Å². The second-order valence-corrected chi connectivity index (χ2v) is 7.66. The summed E-state index contributed by atoms with van der Waals surface area (Å²) >= 11 is 0. The third-order valence-corrected chi connectivity index (χ3v) is 6.34. The van der Waals surface area contributed by atoms with Gasteiger partial charge < -0.3 is 5.11 Å². The van der Waals surface area contributed by atoms with Gasteiger partial charge in [0.15, 0.2) is 0 Å². The zero-order chi connectivity index (χ0) is 14.9. The number of benzene rings is 1. The van der Waals surface area contributed by atoms with Gasteiger partial charge in [-0.1, -0.05) is 19.1 Å². The first-order valence-electron chi connectivity index (χ1n) is 7.09. The normalized spacial score (nSPS) is 24.8. The van der Waals surface area contributed by atoms with Crippen molar-refractivity contribution in [2.75, 3.05) is 6.54 Å². The van der Waals surface area contributed by atoms with Gasteiger partial charge in [-0.15, -0.1) is 0 Å². The van der Waals surface area contributed by atoms with E-state index in [0.29, 0.717) is 28.5 Å². The molecule has 0 saturated carbocycles. The van der Waals surface area contributed by atoms with E-state index in [4.69, 9.17) is 0 Å². The van der Waals surface area contributed by atoms with Crippen molar-refractivity contribution < 1.29 is 13.5 Å². The van der Waals surface area contributed by atoms with Crippen LogP contribution in [0.4, 0.5) is 0 Å². The summed E-state index contributed by atoms with van der Waals surface area (Å²) in [7, 11) is -3.49. The Hall–Kier alpha value is -0.910. The fourth-order valence-corrected chi connectivity index (χ4v) is 4.87. The molecule has 0 amide bonds. The van der Waals surface area contributed by atoms with Crippen LogP contribution in [0.3, 0.4) is 0 Å². The number of aliphatic hydroxyl groups excluding tert-OH is 1. The summed E-state index contributed by atoms with van der Waals surface area (Å²) in [5.41, 5.74) is 1.32. The molecule has 0 bridgehead atoms. The Labute approximate surface area is 121 Å². The van der Waals surface area contributed by atoms with E-state index >= 15 is 0 Å². The molecule has 0 aliphatic carbocycles. The summed E-state index contributed by atoms with van der Waals surface area (Å²) in [6.07, 6.45) is 1.97. The van der Waals surface area contributed by atoms with E-state index in [-0.39, 0.29) is 12.6 Å². The summed E-state index contributed by atoms with van der Waals surface area (Å²) in [6, 6.07) is 5.13. The minimum Gasteiger partial charge on any atom is -0.392 e. The van der Waals surface area contributed by atoms with Gasteiger partial charge in [0, 0.05) is 12.6 Å². The smallest absolute Gasteiger partial charge is 0.243 e. The molecule has 2 rings (SSSR count). The van der Waals surface area contributed by atoms with Gasteiger partial charge in [0.25, 0.3) is 0 Å². The Bertz CT molecular complexity index is 583. The molecule has 1 aromatic carbocycles. The molecule has 112 valence electrons. The summed E-state index contributed by atoms with van der Waals surface area (Å²) in [5.74, 6) is 0.391. The lowest BCUT2D eigenvalue weighted by Crippen LogP contribution is -2.45. The SMILES string of the molecule is Cc1c(CO)cccc1S(=O)(=O)N1CC(C)CCC1C. The van der Waals surface area contributed by atoms with Gasteiger partial charge in [0.05, 0.1) is 11.5 Å². The van der Waals surface area contributed by atoms with E-state index in [1.165, 1.54) is 0 Å². The van der Waals surface area contributed by atoms with Crippen LogP contribution >= 0.6 is 0 Å². The molecular weight excluding hydrogens is 274 g/mol. The predicted octanol–water partition coefficient (Wildman–Crippen LogP) is 2.30. The molecular formula is C15H23NO3S. The molecule has 2 atom stereocenters. The predicted molar refractivity (Wildman–Crippen MR) is 78.9 cm³/mol. The average molecular weight is 297 g/mol. The number of rotatable bonds is 3. The van der Waals surface area contributed by atoms with E-state index in [2.05, 4.69) is 6.92 Å². The van der Waals surface area contributed by atoms with Crippen LogP contribution in [0.25, 0.3) is 0 Å². The lowest BCUT2D eigenvalue weighted by atomic mass is 9.97. The van der Waals surface area contributed by atoms with Gasteiger partial charge in [-0.3, -0.25) is 0 Å². The average Bonchev–Trinajstić information content (AvgIpc) is 2.41. The Morgan fingerprint density at radius 3 is 2.65 bits per heavy atom. The highest BCUT2D eigenvalue weighted by Gasteiger charge is 2.34. The Kier molecular flexibility index (Phi) is 4.52. The van der Waals surface area contributed by atoms with Crippen LogP contribution < -0.4 is 0 Å². The lowest BCUT2D eigenvalue weighted by Gasteiger charge is -2.36. The minimum atomic E-state index is -3.49. The summed E-state index contributed by atoms with van der Waals surface area (Å²) in [5, 5.41) is 9.30. The van der Waals surface area contributed by atoms with Crippen LogP contribution in [0.2, 0.25) is 0 Å². The molecule has 5 heteroatoms. The van der Waals surface area contributed by atoms with Crippen molar-refractivity contribution in [1.29, 1.82) is 0 Å². The van der Waals surface area contributed by atoms with E-state index < -0.39 is 10.0 Å². The van der Waals surface area contributed by atoms with E-state index in [9.17, 15) is 13.5 Å². The van der Waals surface area contributed by atoms with Crippen LogP contribution in [-0.2, 0) is 16.6 Å². The Morgan fingerprint density at radius 2 is 2.00 bits per heavy atom. The molecule has 0 spiro atoms. The maximum Gasteiger partial charge on any atom is 0.243 e. The summed E-state index contributed by atoms with van der Waals surface area (Å²) in [4.78, 5) is 0.324. The van der Waals surface area contributed by atoms with Crippen LogP contribution in [0, 0.1) is 12.8 Å². The molecule has 0 aromatic heterocycles. The van der Waals surface area contributed by atoms with Gasteiger partial charge in [-0.2, -0.15) is 4.31 Å². The molecule has 0 radical (unpaired) electrons. The van der Waals surface area contributed by atoms with Crippen molar-refractivity contribution in [1.82, 2.24) is 4.31 Å². The molecule has 4 nitrogen and oxygen atoms in total. The number of hydrogen-bond acceptors (Lipinski definition) is 3. The maximum absolute atomic E-state index is 12.9. The molecule has 2 unspecified atom stereocenters. The molecule has 1 N–H and O–H groups in total. The molecule has 1 aliphatic rings. The molecule has 1 saturated heterocycles. The maximum atomic E-state index is 12.9. The van der Waals surface area contributed by atoms with Crippen molar-refractivity contribution in [3.63, 3.8) is 0 Å². The third-order valence-electron chi connectivity index (χ3n) is 4.21. The van der Waals surface area contributed by atoms with Gasteiger partial charge in [-0.05, 0) is 49.8 Å². The minimum absolute atomic E-state index is 0.0355. The second kappa shape index (κ2) is 5.84. The number of aliphatic hydroxyl groups is 1. The lowest BCUT2D eigenvalue weighted by molar-refractivity contribution is 0.218. The zero-order valence-corrected chi connectivity index (χ0v) is 13.2. The quantitative estimate of drug-likeness (QED) is 0.931. The monoisotopic (exact) mass is 297 g/mol. The van der Waals surface area contributed by atoms with Gasteiger partial charge >= 0.3 is 0 Å². The topological polar surface area (TPSA) is 57.6 Å². The molecule has 1 fully saturated rings. The highest BCUT2D eigenvalue weighted by atomic mass is 32.2. The molecule has 1 aliphatic heterocycles. The first kappa shape index (κ1) is 15.5. The molecule has 1 heterocycles. The van der Waals surface area contributed by atoms with E-state index in [1.807, 2.05) is 6.92 Å².